The van der Waals surface area contributed by atoms with E-state index >= 15 is 0 Å². The summed E-state index contributed by atoms with van der Waals surface area (Å²) in [4.78, 5) is 23.2. The topological polar surface area (TPSA) is 43.4 Å². The lowest BCUT2D eigenvalue weighted by molar-refractivity contribution is -0.143. The first-order valence-electron chi connectivity index (χ1n) is 7.19. The number of Topliss-reactive ketones (excluding diaryl/α,β-unsaturated/α-hetero) is 1. The molecule has 0 unspecified atom stereocenters. The monoisotopic (exact) mass is 330 g/mol. The second-order valence-corrected chi connectivity index (χ2v) is 5.53. The van der Waals surface area contributed by atoms with E-state index in [0.717, 1.165) is 25.7 Å². The largest absolute Gasteiger partial charge is 0.466 e. The summed E-state index contributed by atoms with van der Waals surface area (Å²) in [6, 6.07) is 5.08. The fourth-order valence-electron chi connectivity index (χ4n) is 2.00. The zero-order valence-electron chi connectivity index (χ0n) is 12.2. The number of carbonyl (C=O) groups excluding carboxylic acids is 2. The van der Waals surface area contributed by atoms with Crippen molar-refractivity contribution in [2.75, 3.05) is 6.61 Å². The van der Waals surface area contributed by atoms with Crippen LogP contribution in [0.5, 0.6) is 0 Å². The highest BCUT2D eigenvalue weighted by Crippen LogP contribution is 2.26. The molecule has 0 bridgehead atoms. The number of carbonyl (C=O) groups is 2. The molecule has 1 rings (SSSR count). The van der Waals surface area contributed by atoms with Crippen LogP contribution in [0.3, 0.4) is 0 Å². The van der Waals surface area contributed by atoms with Gasteiger partial charge in [-0.3, -0.25) is 9.59 Å². The smallest absolute Gasteiger partial charge is 0.305 e. The van der Waals surface area contributed by atoms with Crippen molar-refractivity contribution in [3.63, 3.8) is 0 Å². The number of hydrogen-bond acceptors (Lipinski definition) is 3. The van der Waals surface area contributed by atoms with Crippen LogP contribution in [0, 0.1) is 0 Å². The Kier molecular flexibility index (Phi) is 8.40. The van der Waals surface area contributed by atoms with Crippen LogP contribution in [-0.2, 0) is 9.53 Å². The average Bonchev–Trinajstić information content (AvgIpc) is 2.45. The normalized spacial score (nSPS) is 10.4. The molecule has 21 heavy (non-hydrogen) atoms. The first kappa shape index (κ1) is 18.0. The highest BCUT2D eigenvalue weighted by Gasteiger charge is 2.12. The van der Waals surface area contributed by atoms with E-state index in [9.17, 15) is 9.59 Å². The molecule has 0 N–H and O–H groups in total. The Morgan fingerprint density at radius 1 is 1.05 bits per heavy atom. The van der Waals surface area contributed by atoms with Crippen LogP contribution >= 0.6 is 23.2 Å². The molecular formula is C16H20Cl2O3. The lowest BCUT2D eigenvalue weighted by Crippen LogP contribution is -2.03. The molecule has 0 aliphatic heterocycles. The van der Waals surface area contributed by atoms with Gasteiger partial charge in [-0.15, -0.1) is 0 Å². The molecule has 0 atom stereocenters. The van der Waals surface area contributed by atoms with Gasteiger partial charge in [-0.25, -0.2) is 0 Å². The summed E-state index contributed by atoms with van der Waals surface area (Å²) >= 11 is 11.9. The molecule has 0 heterocycles. The molecule has 0 radical (unpaired) electrons. The maximum absolute atomic E-state index is 12.0. The summed E-state index contributed by atoms with van der Waals surface area (Å²) < 4.78 is 4.85. The van der Waals surface area contributed by atoms with Crippen molar-refractivity contribution in [2.24, 2.45) is 0 Å². The van der Waals surface area contributed by atoms with Gasteiger partial charge < -0.3 is 4.74 Å². The highest BCUT2D eigenvalue weighted by molar-refractivity contribution is 6.43. The van der Waals surface area contributed by atoms with Gasteiger partial charge >= 0.3 is 5.97 Å². The van der Waals surface area contributed by atoms with Gasteiger partial charge in [-0.2, -0.15) is 0 Å². The maximum atomic E-state index is 12.0. The van der Waals surface area contributed by atoms with Crippen LogP contribution in [0.2, 0.25) is 10.0 Å². The summed E-state index contributed by atoms with van der Waals surface area (Å²) in [7, 11) is 0. The van der Waals surface area contributed by atoms with Crippen LogP contribution in [-0.4, -0.2) is 18.4 Å². The van der Waals surface area contributed by atoms with Crippen LogP contribution < -0.4 is 0 Å². The summed E-state index contributed by atoms with van der Waals surface area (Å²) in [5, 5.41) is 0.725. The van der Waals surface area contributed by atoms with E-state index < -0.39 is 0 Å². The lowest BCUT2D eigenvalue weighted by Gasteiger charge is -2.05. The van der Waals surface area contributed by atoms with Gasteiger partial charge in [-0.1, -0.05) is 42.1 Å². The molecule has 0 spiro atoms. The predicted molar refractivity (Wildman–Crippen MR) is 85.1 cm³/mol. The molecule has 3 nitrogen and oxygen atoms in total. The van der Waals surface area contributed by atoms with Gasteiger partial charge in [0.2, 0.25) is 0 Å². The lowest BCUT2D eigenvalue weighted by atomic mass is 10.0. The molecule has 116 valence electrons. The van der Waals surface area contributed by atoms with Gasteiger partial charge in [0.15, 0.2) is 5.78 Å². The van der Waals surface area contributed by atoms with Crippen LogP contribution in [0.1, 0.15) is 55.8 Å². The summed E-state index contributed by atoms with van der Waals surface area (Å²) in [6.07, 6.45) is 4.29. The Bertz CT molecular complexity index is 486. The molecule has 0 amide bonds. The number of ether oxygens (including phenoxy) is 1. The number of benzene rings is 1. The van der Waals surface area contributed by atoms with Gasteiger partial charge in [0.05, 0.1) is 16.7 Å². The van der Waals surface area contributed by atoms with E-state index in [1.165, 1.54) is 0 Å². The molecule has 1 aromatic carbocycles. The van der Waals surface area contributed by atoms with Crippen LogP contribution in [0.25, 0.3) is 0 Å². The summed E-state index contributed by atoms with van der Waals surface area (Å²) in [6.45, 7) is 2.22. The highest BCUT2D eigenvalue weighted by atomic mass is 35.5. The van der Waals surface area contributed by atoms with Crippen molar-refractivity contribution in [1.29, 1.82) is 0 Å². The second kappa shape index (κ2) is 9.80. The van der Waals surface area contributed by atoms with Gasteiger partial charge in [0.1, 0.15) is 0 Å². The molecule has 5 heteroatoms. The van der Waals surface area contributed by atoms with Gasteiger partial charge in [0, 0.05) is 18.4 Å². The zero-order valence-corrected chi connectivity index (χ0v) is 13.7. The Morgan fingerprint density at radius 2 is 1.71 bits per heavy atom. The minimum atomic E-state index is -0.153. The Hall–Kier alpha value is -1.06. The third-order valence-electron chi connectivity index (χ3n) is 3.09. The fourth-order valence-corrected chi connectivity index (χ4v) is 2.40. The van der Waals surface area contributed by atoms with E-state index in [4.69, 9.17) is 27.9 Å². The van der Waals surface area contributed by atoms with Crippen molar-refractivity contribution in [2.45, 2.75) is 45.4 Å². The van der Waals surface area contributed by atoms with E-state index in [0.29, 0.717) is 35.1 Å². The minimum Gasteiger partial charge on any atom is -0.466 e. The molecule has 1 aromatic rings. The third-order valence-corrected chi connectivity index (χ3v) is 3.91. The molecule has 0 saturated heterocycles. The van der Waals surface area contributed by atoms with Gasteiger partial charge in [-0.05, 0) is 31.9 Å². The number of ketones is 1. The Labute approximate surface area is 135 Å². The fraction of sp³-hybridized carbons (Fsp3) is 0.500. The first-order chi connectivity index (χ1) is 10.1. The number of hydrogen-bond donors (Lipinski definition) is 0. The van der Waals surface area contributed by atoms with Crippen LogP contribution in [0.15, 0.2) is 18.2 Å². The predicted octanol–water partition coefficient (Wildman–Crippen LogP) is 5.08. The second-order valence-electron chi connectivity index (χ2n) is 4.74. The average molecular weight is 331 g/mol. The third kappa shape index (κ3) is 6.49. The minimum absolute atomic E-state index is 0.00731. The molecule has 0 fully saturated rings. The first-order valence-corrected chi connectivity index (χ1v) is 7.94. The number of unbranched alkanes of at least 4 members (excludes halogenated alkanes) is 3. The standard InChI is InChI=1S/C16H20Cl2O3/c1-2-21-15(20)11-6-4-3-5-10-14(19)12-8-7-9-13(17)16(12)18/h7-9H,2-6,10-11H2,1H3. The molecule has 0 aromatic heterocycles. The van der Waals surface area contributed by atoms with Crippen LogP contribution in [0.4, 0.5) is 0 Å². The van der Waals surface area contributed by atoms with Crippen molar-refractivity contribution in [1.82, 2.24) is 0 Å². The molecular weight excluding hydrogens is 311 g/mol. The van der Waals surface area contributed by atoms with E-state index in [2.05, 4.69) is 0 Å². The Balaban J connectivity index is 2.22. The van der Waals surface area contributed by atoms with E-state index in [1.54, 1.807) is 25.1 Å². The van der Waals surface area contributed by atoms with Crippen molar-refractivity contribution >= 4 is 35.0 Å². The Morgan fingerprint density at radius 3 is 2.38 bits per heavy atom. The van der Waals surface area contributed by atoms with Crippen molar-refractivity contribution in [3.8, 4) is 0 Å². The number of halogens is 2. The summed E-state index contributed by atoms with van der Waals surface area (Å²) in [5.41, 5.74) is 0.482. The van der Waals surface area contributed by atoms with Crippen molar-refractivity contribution in [3.05, 3.63) is 33.8 Å². The van der Waals surface area contributed by atoms with E-state index in [-0.39, 0.29) is 11.8 Å². The zero-order chi connectivity index (χ0) is 15.7. The molecule has 0 aliphatic rings. The molecule has 0 saturated carbocycles. The maximum Gasteiger partial charge on any atom is 0.305 e. The SMILES string of the molecule is CCOC(=O)CCCCCCC(=O)c1cccc(Cl)c1Cl. The number of esters is 1. The quantitative estimate of drug-likeness (QED) is 0.360. The summed E-state index contributed by atoms with van der Waals surface area (Å²) in [5.74, 6) is -0.146. The number of rotatable bonds is 9. The van der Waals surface area contributed by atoms with Crippen molar-refractivity contribution < 1.29 is 14.3 Å². The van der Waals surface area contributed by atoms with E-state index in [1.807, 2.05) is 0 Å². The van der Waals surface area contributed by atoms with Gasteiger partial charge in [0.25, 0.3) is 0 Å². The molecule has 0 aliphatic carbocycles.